The van der Waals surface area contributed by atoms with Crippen molar-refractivity contribution in [1.82, 2.24) is 4.98 Å². The number of methoxy groups -OCH3 is 1. The van der Waals surface area contributed by atoms with Crippen LogP contribution >= 0.6 is 0 Å². The van der Waals surface area contributed by atoms with Crippen LogP contribution in [0.4, 0.5) is 17.6 Å². The molecule has 0 saturated carbocycles. The third-order valence-electron chi connectivity index (χ3n) is 2.12. The minimum Gasteiger partial charge on any atom is -0.495 e. The van der Waals surface area contributed by atoms with Crippen LogP contribution in [0.1, 0.15) is 10.4 Å². The molecule has 1 heterocycles. The topological polar surface area (TPSA) is 48.4 Å². The van der Waals surface area contributed by atoms with Gasteiger partial charge in [0.1, 0.15) is 19.0 Å². The molecule has 0 spiro atoms. The summed E-state index contributed by atoms with van der Waals surface area (Å²) in [5, 5.41) is 0. The molecule has 0 bridgehead atoms. The lowest BCUT2D eigenvalue weighted by Gasteiger charge is -2.14. The minimum atomic E-state index is -4.27. The van der Waals surface area contributed by atoms with Crippen molar-refractivity contribution in [3.63, 3.8) is 0 Å². The molecular formula is C11H11F4NO3. The lowest BCUT2D eigenvalue weighted by atomic mass is 10.2. The van der Waals surface area contributed by atoms with Gasteiger partial charge in [0.05, 0.1) is 13.3 Å². The third kappa shape index (κ3) is 4.47. The van der Waals surface area contributed by atoms with E-state index in [-0.39, 0.29) is 5.56 Å². The summed E-state index contributed by atoms with van der Waals surface area (Å²) in [6.07, 6.45) is -1.29. The Hall–Kier alpha value is -1.70. The highest BCUT2D eigenvalue weighted by molar-refractivity contribution is 5.97. The number of pyridine rings is 1. The summed E-state index contributed by atoms with van der Waals surface area (Å²) in [7, 11) is 1.37. The van der Waals surface area contributed by atoms with E-state index in [0.717, 1.165) is 0 Å². The van der Waals surface area contributed by atoms with Crippen LogP contribution in [0.2, 0.25) is 0 Å². The first-order chi connectivity index (χ1) is 8.86. The second-order valence-corrected chi connectivity index (χ2v) is 3.59. The van der Waals surface area contributed by atoms with Crippen LogP contribution in [-0.4, -0.2) is 43.4 Å². The van der Waals surface area contributed by atoms with Crippen molar-refractivity contribution in [1.29, 1.82) is 0 Å². The fraction of sp³-hybridized carbons (Fsp3) is 0.455. The van der Waals surface area contributed by atoms with Gasteiger partial charge in [0.2, 0.25) is 0 Å². The second-order valence-electron chi connectivity index (χ2n) is 3.59. The molecule has 0 radical (unpaired) electrons. The molecule has 106 valence electrons. The van der Waals surface area contributed by atoms with E-state index in [1.807, 2.05) is 0 Å². The number of halogens is 4. The Labute approximate surface area is 106 Å². The van der Waals surface area contributed by atoms with Crippen molar-refractivity contribution < 1.29 is 31.8 Å². The molecule has 0 unspecified atom stereocenters. The molecule has 0 aliphatic carbocycles. The van der Waals surface area contributed by atoms with Crippen LogP contribution in [0.15, 0.2) is 18.5 Å². The molecule has 0 aliphatic rings. The van der Waals surface area contributed by atoms with Gasteiger partial charge in [-0.05, 0) is 6.07 Å². The van der Waals surface area contributed by atoms with E-state index in [1.165, 1.54) is 25.6 Å². The van der Waals surface area contributed by atoms with Gasteiger partial charge < -0.3 is 9.47 Å². The second kappa shape index (κ2) is 6.46. The van der Waals surface area contributed by atoms with Crippen molar-refractivity contribution in [3.8, 4) is 5.75 Å². The zero-order valence-electron chi connectivity index (χ0n) is 9.91. The zero-order valence-corrected chi connectivity index (χ0v) is 9.91. The van der Waals surface area contributed by atoms with Gasteiger partial charge in [0.15, 0.2) is 5.78 Å². The fourth-order valence-corrected chi connectivity index (χ4v) is 1.11. The van der Waals surface area contributed by atoms with Crippen LogP contribution in [-0.2, 0) is 4.74 Å². The van der Waals surface area contributed by atoms with E-state index in [0.29, 0.717) is 5.75 Å². The molecule has 1 aromatic heterocycles. The summed E-state index contributed by atoms with van der Waals surface area (Å²) in [5.74, 6) is -4.62. The summed E-state index contributed by atoms with van der Waals surface area (Å²) in [6, 6.07) is 1.34. The van der Waals surface area contributed by atoms with E-state index in [4.69, 9.17) is 4.74 Å². The first-order valence-corrected chi connectivity index (χ1v) is 5.13. The standard InChI is InChI=1S/C11H11F4NO3/c1-18-8-2-7(3-16-4-8)9(17)5-19-6-11(14,15)10(12)13/h2-4,10H,5-6H2,1H3. The maximum absolute atomic E-state index is 12.5. The molecule has 0 fully saturated rings. The quantitative estimate of drug-likeness (QED) is 0.568. The molecule has 19 heavy (non-hydrogen) atoms. The number of carbonyl (C=O) groups excluding carboxylic acids is 1. The number of ketones is 1. The van der Waals surface area contributed by atoms with E-state index in [1.54, 1.807) is 0 Å². The maximum atomic E-state index is 12.5. The Balaban J connectivity index is 2.52. The normalized spacial score (nSPS) is 11.7. The molecule has 1 aromatic rings. The zero-order chi connectivity index (χ0) is 14.5. The number of alkyl halides is 4. The summed E-state index contributed by atoms with van der Waals surface area (Å²) < 4.78 is 57.8. The highest BCUT2D eigenvalue weighted by Gasteiger charge is 2.41. The van der Waals surface area contributed by atoms with E-state index >= 15 is 0 Å². The van der Waals surface area contributed by atoms with Crippen LogP contribution in [0.5, 0.6) is 5.75 Å². The molecular weight excluding hydrogens is 270 g/mol. The minimum absolute atomic E-state index is 0.0831. The number of carbonyl (C=O) groups is 1. The monoisotopic (exact) mass is 281 g/mol. The van der Waals surface area contributed by atoms with Gasteiger partial charge in [-0.1, -0.05) is 0 Å². The highest BCUT2D eigenvalue weighted by Crippen LogP contribution is 2.22. The number of nitrogens with zero attached hydrogens (tertiary/aromatic N) is 1. The van der Waals surface area contributed by atoms with E-state index in [2.05, 4.69) is 9.72 Å². The van der Waals surface area contributed by atoms with Crippen molar-refractivity contribution in [2.75, 3.05) is 20.3 Å². The molecule has 1 rings (SSSR count). The summed E-state index contributed by atoms with van der Waals surface area (Å²) in [4.78, 5) is 15.2. The predicted octanol–water partition coefficient (Wildman–Crippen LogP) is 2.19. The van der Waals surface area contributed by atoms with Gasteiger partial charge in [-0.25, -0.2) is 8.78 Å². The Morgan fingerprint density at radius 1 is 1.42 bits per heavy atom. The largest absolute Gasteiger partial charge is 0.495 e. The van der Waals surface area contributed by atoms with Gasteiger partial charge in [-0.2, -0.15) is 8.78 Å². The summed E-state index contributed by atoms with van der Waals surface area (Å²) in [5.41, 5.74) is 0.0831. The van der Waals surface area contributed by atoms with Crippen LogP contribution in [0.3, 0.4) is 0 Å². The molecule has 0 N–H and O–H groups in total. The smallest absolute Gasteiger partial charge is 0.330 e. The Bertz CT molecular complexity index is 440. The maximum Gasteiger partial charge on any atom is 0.330 e. The fourth-order valence-electron chi connectivity index (χ4n) is 1.11. The number of hydrogen-bond donors (Lipinski definition) is 0. The Morgan fingerprint density at radius 3 is 2.68 bits per heavy atom. The van der Waals surface area contributed by atoms with E-state index < -0.39 is 31.3 Å². The molecule has 0 aliphatic heterocycles. The molecule has 8 heteroatoms. The SMILES string of the molecule is COc1cncc(C(=O)COCC(F)(F)C(F)F)c1. The lowest BCUT2D eigenvalue weighted by molar-refractivity contribution is -0.163. The van der Waals surface area contributed by atoms with Gasteiger partial charge in [0, 0.05) is 11.8 Å². The van der Waals surface area contributed by atoms with Gasteiger partial charge in [-0.15, -0.1) is 0 Å². The van der Waals surface area contributed by atoms with Crippen molar-refractivity contribution in [3.05, 3.63) is 24.0 Å². The van der Waals surface area contributed by atoms with Crippen molar-refractivity contribution >= 4 is 5.78 Å². The molecule has 0 aromatic carbocycles. The first-order valence-electron chi connectivity index (χ1n) is 5.13. The first kappa shape index (κ1) is 15.4. The van der Waals surface area contributed by atoms with Crippen LogP contribution in [0, 0.1) is 0 Å². The summed E-state index contributed by atoms with van der Waals surface area (Å²) >= 11 is 0. The molecule has 0 amide bonds. The third-order valence-corrected chi connectivity index (χ3v) is 2.12. The van der Waals surface area contributed by atoms with Crippen molar-refractivity contribution in [2.45, 2.75) is 12.3 Å². The highest BCUT2D eigenvalue weighted by atomic mass is 19.3. The Morgan fingerprint density at radius 2 is 2.11 bits per heavy atom. The van der Waals surface area contributed by atoms with Crippen LogP contribution in [0.25, 0.3) is 0 Å². The van der Waals surface area contributed by atoms with Gasteiger partial charge >= 0.3 is 12.3 Å². The number of rotatable bonds is 7. The molecule has 4 nitrogen and oxygen atoms in total. The average Bonchev–Trinajstić information content (AvgIpc) is 2.38. The number of Topliss-reactive ketones (excluding diaryl/α,β-unsaturated/α-hetero) is 1. The predicted molar refractivity (Wildman–Crippen MR) is 56.9 cm³/mol. The lowest BCUT2D eigenvalue weighted by Crippen LogP contribution is -2.33. The molecule has 0 saturated heterocycles. The average molecular weight is 281 g/mol. The van der Waals surface area contributed by atoms with Gasteiger partial charge in [0.25, 0.3) is 0 Å². The summed E-state index contributed by atoms with van der Waals surface area (Å²) in [6.45, 7) is -2.26. The number of ether oxygens (including phenoxy) is 2. The Kier molecular flexibility index (Phi) is 5.22. The van der Waals surface area contributed by atoms with Crippen LogP contribution < -0.4 is 4.74 Å². The van der Waals surface area contributed by atoms with Crippen molar-refractivity contribution in [2.24, 2.45) is 0 Å². The number of hydrogen-bond acceptors (Lipinski definition) is 4. The van der Waals surface area contributed by atoms with Gasteiger partial charge in [-0.3, -0.25) is 9.78 Å². The number of aromatic nitrogens is 1. The molecule has 0 atom stereocenters. The van der Waals surface area contributed by atoms with E-state index in [9.17, 15) is 22.4 Å².